The quantitative estimate of drug-likeness (QED) is 0.201. The number of nitrogens with one attached hydrogen (secondary N) is 1. The summed E-state index contributed by atoms with van der Waals surface area (Å²) in [4.78, 5) is 40.5. The van der Waals surface area contributed by atoms with Gasteiger partial charge in [0.05, 0.1) is 28.6 Å². The van der Waals surface area contributed by atoms with Crippen molar-refractivity contribution in [2.45, 2.75) is 45.3 Å². The van der Waals surface area contributed by atoms with E-state index >= 15 is 0 Å². The average Bonchev–Trinajstić information content (AvgIpc) is 3.28. The lowest BCUT2D eigenvalue weighted by atomic mass is 9.80. The first-order valence-electron chi connectivity index (χ1n) is 13.2. The van der Waals surface area contributed by atoms with Gasteiger partial charge in [0, 0.05) is 56.7 Å². The predicted octanol–water partition coefficient (Wildman–Crippen LogP) is 4.23. The number of carbonyl (C=O) groups excluding carboxylic acids is 2. The Morgan fingerprint density at radius 2 is 1.75 bits per heavy atom. The number of hydrogen-bond donors (Lipinski definition) is 1. The molecule has 0 spiro atoms. The Bertz CT molecular complexity index is 1340. The largest absolute Gasteiger partial charge is 0.460 e. The van der Waals surface area contributed by atoms with Crippen molar-refractivity contribution in [1.82, 2.24) is 10.2 Å². The molecular weight excluding hydrogens is 514 g/mol. The first-order chi connectivity index (χ1) is 19.1. The van der Waals surface area contributed by atoms with Crippen LogP contribution in [0.15, 0.2) is 77.1 Å². The SMILES string of the molecule is COCCOC(=O)C1=C(C)NC(C)=C(C(=O)O[C@]2(C)CCN(Cc3ccccc3)C2)C1c1cccc([N+](=O)[O-])c1. The van der Waals surface area contributed by atoms with E-state index in [0.29, 0.717) is 29.9 Å². The van der Waals surface area contributed by atoms with Crippen molar-refractivity contribution in [3.8, 4) is 0 Å². The maximum Gasteiger partial charge on any atom is 0.337 e. The lowest BCUT2D eigenvalue weighted by Gasteiger charge is -2.33. The van der Waals surface area contributed by atoms with Crippen molar-refractivity contribution in [2.24, 2.45) is 0 Å². The Kier molecular flexibility index (Phi) is 9.01. The number of likely N-dealkylation sites (tertiary alicyclic amines) is 1. The van der Waals surface area contributed by atoms with Gasteiger partial charge in [-0.3, -0.25) is 15.0 Å². The van der Waals surface area contributed by atoms with Crippen molar-refractivity contribution >= 4 is 17.6 Å². The molecule has 2 aliphatic rings. The summed E-state index contributed by atoms with van der Waals surface area (Å²) in [5.74, 6) is -2.15. The second-order valence-corrected chi connectivity index (χ2v) is 10.4. The second-order valence-electron chi connectivity index (χ2n) is 10.4. The van der Waals surface area contributed by atoms with Crippen LogP contribution in [-0.4, -0.2) is 60.8 Å². The van der Waals surface area contributed by atoms with Gasteiger partial charge in [-0.05, 0) is 31.9 Å². The number of nitrogens with zero attached hydrogens (tertiary/aromatic N) is 2. The zero-order chi connectivity index (χ0) is 28.9. The van der Waals surface area contributed by atoms with E-state index in [2.05, 4.69) is 22.3 Å². The molecule has 2 atom stereocenters. The van der Waals surface area contributed by atoms with Crippen LogP contribution in [0.1, 0.15) is 44.2 Å². The number of non-ortho nitro benzene ring substituents is 1. The molecule has 4 rings (SSSR count). The van der Waals surface area contributed by atoms with E-state index in [1.54, 1.807) is 19.9 Å². The minimum Gasteiger partial charge on any atom is -0.460 e. The Balaban J connectivity index is 1.64. The van der Waals surface area contributed by atoms with E-state index in [0.717, 1.165) is 13.1 Å². The second kappa shape index (κ2) is 12.4. The van der Waals surface area contributed by atoms with Gasteiger partial charge in [0.1, 0.15) is 12.2 Å². The summed E-state index contributed by atoms with van der Waals surface area (Å²) in [6, 6.07) is 16.1. The van der Waals surface area contributed by atoms with Gasteiger partial charge in [-0.25, -0.2) is 9.59 Å². The topological polar surface area (TPSA) is 120 Å². The van der Waals surface area contributed by atoms with Gasteiger partial charge in [0.2, 0.25) is 0 Å². The fraction of sp³-hybridized carbons (Fsp3) is 0.400. The van der Waals surface area contributed by atoms with Crippen molar-refractivity contribution in [2.75, 3.05) is 33.4 Å². The summed E-state index contributed by atoms with van der Waals surface area (Å²) < 4.78 is 16.6. The van der Waals surface area contributed by atoms with E-state index in [1.165, 1.54) is 30.9 Å². The monoisotopic (exact) mass is 549 g/mol. The van der Waals surface area contributed by atoms with E-state index in [9.17, 15) is 19.7 Å². The van der Waals surface area contributed by atoms with Crippen molar-refractivity contribution in [1.29, 1.82) is 0 Å². The number of nitro groups is 1. The minimum atomic E-state index is -0.922. The maximum absolute atomic E-state index is 13.9. The van der Waals surface area contributed by atoms with Gasteiger partial charge in [-0.15, -0.1) is 0 Å². The van der Waals surface area contributed by atoms with Crippen molar-refractivity contribution in [3.63, 3.8) is 0 Å². The summed E-state index contributed by atoms with van der Waals surface area (Å²) >= 11 is 0. The van der Waals surface area contributed by atoms with Gasteiger partial charge >= 0.3 is 11.9 Å². The molecular formula is C30H35N3O7. The highest BCUT2D eigenvalue weighted by molar-refractivity contribution is 6.00. The number of dihydropyridines is 1. The van der Waals surface area contributed by atoms with Crippen molar-refractivity contribution < 1.29 is 28.7 Å². The molecule has 10 heteroatoms. The number of allylic oxidation sites excluding steroid dienone is 2. The van der Waals surface area contributed by atoms with Crippen LogP contribution >= 0.6 is 0 Å². The summed E-state index contributed by atoms with van der Waals surface area (Å²) in [5, 5.41) is 14.7. The molecule has 0 amide bonds. The number of methoxy groups -OCH3 is 1. The van der Waals surface area contributed by atoms with Crippen LogP contribution in [0, 0.1) is 10.1 Å². The smallest absolute Gasteiger partial charge is 0.337 e. The fourth-order valence-corrected chi connectivity index (χ4v) is 5.35. The van der Waals surface area contributed by atoms with Gasteiger partial charge in [0.25, 0.3) is 5.69 Å². The number of nitro benzene ring substituents is 1. The third-order valence-corrected chi connectivity index (χ3v) is 7.24. The molecule has 1 unspecified atom stereocenters. The molecule has 2 aromatic rings. The van der Waals surface area contributed by atoms with Crippen LogP contribution in [0.5, 0.6) is 0 Å². The molecule has 2 aliphatic heterocycles. The number of carbonyl (C=O) groups is 2. The first kappa shape index (κ1) is 29.0. The molecule has 2 heterocycles. The highest BCUT2D eigenvalue weighted by Gasteiger charge is 2.43. The zero-order valence-corrected chi connectivity index (χ0v) is 23.3. The standard InChI is InChI=1S/C30H35N3O7/c1-20-25(28(34)39-16-15-38-4)27(23-11-8-12-24(17-23)33(36)37)26(21(2)31-20)29(35)40-30(3)13-14-32(19-30)18-22-9-6-5-7-10-22/h5-12,17,27,31H,13-16,18-19H2,1-4H3/t27?,30-/m1/s1. The van der Waals surface area contributed by atoms with Gasteiger partial charge in [-0.2, -0.15) is 0 Å². The van der Waals surface area contributed by atoms with Crippen LogP contribution in [0.4, 0.5) is 5.69 Å². The van der Waals surface area contributed by atoms with E-state index in [-0.39, 0.29) is 30.0 Å². The van der Waals surface area contributed by atoms with Crippen LogP contribution in [0.2, 0.25) is 0 Å². The third-order valence-electron chi connectivity index (χ3n) is 7.24. The molecule has 0 aromatic heterocycles. The summed E-state index contributed by atoms with van der Waals surface area (Å²) in [5.41, 5.74) is 2.11. The summed E-state index contributed by atoms with van der Waals surface area (Å²) in [6.07, 6.45) is 0.646. The number of ether oxygens (including phenoxy) is 3. The minimum absolute atomic E-state index is 0.0194. The van der Waals surface area contributed by atoms with Gasteiger partial charge < -0.3 is 19.5 Å². The highest BCUT2D eigenvalue weighted by atomic mass is 16.6. The number of esters is 2. The maximum atomic E-state index is 13.9. The molecule has 2 aromatic carbocycles. The summed E-state index contributed by atoms with van der Waals surface area (Å²) in [7, 11) is 1.50. The molecule has 1 fully saturated rings. The van der Waals surface area contributed by atoms with Crippen molar-refractivity contribution in [3.05, 3.63) is 98.4 Å². The molecule has 0 bridgehead atoms. The molecule has 0 aliphatic carbocycles. The molecule has 40 heavy (non-hydrogen) atoms. The number of benzene rings is 2. The number of rotatable bonds is 10. The third kappa shape index (κ3) is 6.57. The first-order valence-corrected chi connectivity index (χ1v) is 13.2. The van der Waals surface area contributed by atoms with Gasteiger partial charge in [0.15, 0.2) is 0 Å². The van der Waals surface area contributed by atoms with Crippen LogP contribution in [0.3, 0.4) is 0 Å². The molecule has 0 saturated carbocycles. The Morgan fingerprint density at radius 1 is 1.05 bits per heavy atom. The number of hydrogen-bond acceptors (Lipinski definition) is 9. The normalized spacial score (nSPS) is 21.2. The Hall–Kier alpha value is -4.02. The fourth-order valence-electron chi connectivity index (χ4n) is 5.35. The van der Waals surface area contributed by atoms with E-state index in [1.807, 2.05) is 25.1 Å². The molecule has 0 radical (unpaired) electrons. The van der Waals surface area contributed by atoms with Crippen LogP contribution < -0.4 is 5.32 Å². The average molecular weight is 550 g/mol. The lowest BCUT2D eigenvalue weighted by molar-refractivity contribution is -0.384. The summed E-state index contributed by atoms with van der Waals surface area (Å²) in [6.45, 7) is 7.63. The Labute approximate surface area is 233 Å². The molecule has 10 nitrogen and oxygen atoms in total. The zero-order valence-electron chi connectivity index (χ0n) is 23.3. The molecule has 1 N–H and O–H groups in total. The predicted molar refractivity (Wildman–Crippen MR) is 148 cm³/mol. The van der Waals surface area contributed by atoms with Crippen LogP contribution in [0.25, 0.3) is 0 Å². The van der Waals surface area contributed by atoms with Crippen LogP contribution in [-0.2, 0) is 30.3 Å². The van der Waals surface area contributed by atoms with E-state index in [4.69, 9.17) is 14.2 Å². The van der Waals surface area contributed by atoms with E-state index < -0.39 is 28.4 Å². The lowest BCUT2D eigenvalue weighted by Crippen LogP contribution is -2.39. The Morgan fingerprint density at radius 3 is 2.42 bits per heavy atom. The highest BCUT2D eigenvalue weighted by Crippen LogP contribution is 2.41. The molecule has 1 saturated heterocycles. The van der Waals surface area contributed by atoms with Gasteiger partial charge in [-0.1, -0.05) is 42.5 Å². The molecule has 212 valence electrons.